The minimum atomic E-state index is -1.87. The van der Waals surface area contributed by atoms with Crippen molar-refractivity contribution >= 4 is 40.3 Å². The van der Waals surface area contributed by atoms with E-state index in [4.69, 9.17) is 32.7 Å². The fraction of sp³-hybridized carbons (Fsp3) is 0.333. The lowest BCUT2D eigenvalue weighted by molar-refractivity contribution is -0.119. The molecule has 1 aromatic carbocycles. The highest BCUT2D eigenvalue weighted by molar-refractivity contribution is 6.35. The summed E-state index contributed by atoms with van der Waals surface area (Å²) < 4.78 is 27.3. The third kappa shape index (κ3) is 3.44. The molecular formula is C18H15Cl2FN4O4. The summed E-state index contributed by atoms with van der Waals surface area (Å²) in [6.07, 6.45) is -3.24. The normalized spacial score (nSPS) is 26.7. The van der Waals surface area contributed by atoms with E-state index in [-0.39, 0.29) is 28.2 Å². The highest BCUT2D eigenvalue weighted by atomic mass is 35.5. The van der Waals surface area contributed by atoms with Gasteiger partial charge in [-0.05, 0) is 30.7 Å². The monoisotopic (exact) mass is 440 g/mol. The molecule has 1 N–H and O–H groups in total. The largest absolute Gasteiger partial charge is 0.459 e. The molecule has 11 heteroatoms. The van der Waals surface area contributed by atoms with Gasteiger partial charge in [-0.2, -0.15) is 4.98 Å². The van der Waals surface area contributed by atoms with Crippen molar-refractivity contribution in [3.05, 3.63) is 52.7 Å². The second-order valence-electron chi connectivity index (χ2n) is 6.64. The highest BCUT2D eigenvalue weighted by Gasteiger charge is 2.55. The molecule has 0 bridgehead atoms. The molecule has 3 aromatic rings. The first-order chi connectivity index (χ1) is 13.8. The van der Waals surface area contributed by atoms with Gasteiger partial charge < -0.3 is 14.6 Å². The van der Waals surface area contributed by atoms with Crippen LogP contribution in [0.15, 0.2) is 36.7 Å². The third-order valence-electron chi connectivity index (χ3n) is 4.78. The number of rotatable bonds is 4. The zero-order valence-corrected chi connectivity index (χ0v) is 16.5. The van der Waals surface area contributed by atoms with E-state index in [1.165, 1.54) is 17.8 Å². The predicted octanol–water partition coefficient (Wildman–Crippen LogP) is 2.76. The van der Waals surface area contributed by atoms with Crippen LogP contribution in [0.4, 0.5) is 4.39 Å². The van der Waals surface area contributed by atoms with Gasteiger partial charge in [-0.1, -0.05) is 29.8 Å². The van der Waals surface area contributed by atoms with Gasteiger partial charge in [0.05, 0.1) is 11.9 Å². The predicted molar refractivity (Wildman–Crippen MR) is 101 cm³/mol. The first-order valence-corrected chi connectivity index (χ1v) is 9.35. The average molecular weight is 441 g/mol. The Morgan fingerprint density at radius 3 is 2.79 bits per heavy atom. The topological polar surface area (TPSA) is 99.4 Å². The van der Waals surface area contributed by atoms with Crippen LogP contribution in [0.2, 0.25) is 10.4 Å². The van der Waals surface area contributed by atoms with Crippen LogP contribution in [0.5, 0.6) is 0 Å². The molecule has 4 rings (SSSR count). The van der Waals surface area contributed by atoms with E-state index in [1.54, 1.807) is 30.3 Å². The minimum absolute atomic E-state index is 0.00430. The summed E-state index contributed by atoms with van der Waals surface area (Å²) in [7, 11) is 0. The smallest absolute Gasteiger partial charge is 0.338 e. The van der Waals surface area contributed by atoms with Crippen molar-refractivity contribution < 1.29 is 23.8 Å². The molecule has 0 aliphatic carbocycles. The van der Waals surface area contributed by atoms with Gasteiger partial charge in [0.1, 0.15) is 24.3 Å². The van der Waals surface area contributed by atoms with Crippen molar-refractivity contribution in [3.63, 3.8) is 0 Å². The molecule has 29 heavy (non-hydrogen) atoms. The van der Waals surface area contributed by atoms with Gasteiger partial charge in [0.2, 0.25) is 5.28 Å². The van der Waals surface area contributed by atoms with E-state index >= 15 is 4.39 Å². The molecule has 1 aliphatic rings. The molecule has 8 nitrogen and oxygen atoms in total. The lowest BCUT2D eigenvalue weighted by Gasteiger charge is -2.28. The second-order valence-corrected chi connectivity index (χ2v) is 7.33. The Labute approximate surface area is 174 Å². The van der Waals surface area contributed by atoms with E-state index in [0.29, 0.717) is 5.56 Å². The summed E-state index contributed by atoms with van der Waals surface area (Å²) in [5, 5.41) is 10.2. The molecule has 1 fully saturated rings. The van der Waals surface area contributed by atoms with Crippen LogP contribution >= 0.6 is 23.2 Å². The summed E-state index contributed by atoms with van der Waals surface area (Å²) in [6, 6.07) is 8.31. The number of carbonyl (C=O) groups excluding carboxylic acids is 1. The highest BCUT2D eigenvalue weighted by Crippen LogP contribution is 2.39. The van der Waals surface area contributed by atoms with Gasteiger partial charge in [-0.15, -0.1) is 0 Å². The van der Waals surface area contributed by atoms with Crippen molar-refractivity contribution in [2.75, 3.05) is 6.61 Å². The van der Waals surface area contributed by atoms with Crippen molar-refractivity contribution in [1.29, 1.82) is 0 Å². The molecule has 1 aliphatic heterocycles. The van der Waals surface area contributed by atoms with E-state index in [2.05, 4.69) is 15.0 Å². The van der Waals surface area contributed by atoms with E-state index < -0.39 is 30.1 Å². The summed E-state index contributed by atoms with van der Waals surface area (Å²) in [5.41, 5.74) is -0.990. The van der Waals surface area contributed by atoms with Gasteiger partial charge in [-0.25, -0.2) is 19.2 Å². The number of aliphatic hydroxyl groups excluding tert-OH is 1. The number of halogens is 3. The van der Waals surface area contributed by atoms with Crippen LogP contribution < -0.4 is 0 Å². The number of benzene rings is 1. The fourth-order valence-corrected chi connectivity index (χ4v) is 3.67. The number of hydrogen-bond acceptors (Lipinski definition) is 7. The molecular weight excluding hydrogens is 426 g/mol. The quantitative estimate of drug-likeness (QED) is 0.378. The number of alkyl halides is 1. The van der Waals surface area contributed by atoms with Crippen LogP contribution in [-0.4, -0.2) is 55.6 Å². The first-order valence-electron chi connectivity index (χ1n) is 8.60. The second kappa shape index (κ2) is 7.49. The summed E-state index contributed by atoms with van der Waals surface area (Å²) in [6.45, 7) is 1.08. The molecule has 0 spiro atoms. The number of aromatic nitrogens is 4. The lowest BCUT2D eigenvalue weighted by atomic mass is 10.1. The molecule has 0 radical (unpaired) electrons. The van der Waals surface area contributed by atoms with E-state index in [9.17, 15) is 9.90 Å². The number of ether oxygens (including phenoxy) is 2. The van der Waals surface area contributed by atoms with E-state index in [0.717, 1.165) is 0 Å². The molecule has 4 atom stereocenters. The first kappa shape index (κ1) is 20.0. The SMILES string of the molecule is C[C@@]1(n2cnc3c(Cl)nc(Cl)nc32)O[C@H](COC(=O)c2ccccc2)[C@@H](O)[C@@H]1F. The fourth-order valence-electron chi connectivity index (χ4n) is 3.25. The molecule has 3 heterocycles. The zero-order valence-electron chi connectivity index (χ0n) is 15.0. The maximum absolute atomic E-state index is 15.1. The maximum Gasteiger partial charge on any atom is 0.338 e. The molecule has 0 saturated carbocycles. The van der Waals surface area contributed by atoms with Crippen molar-refractivity contribution in [3.8, 4) is 0 Å². The van der Waals surface area contributed by atoms with Gasteiger partial charge >= 0.3 is 5.97 Å². The number of aliphatic hydroxyl groups is 1. The summed E-state index contributed by atoms with van der Waals surface area (Å²) >= 11 is 11.9. The molecule has 0 unspecified atom stereocenters. The van der Waals surface area contributed by atoms with Gasteiger partial charge in [0, 0.05) is 0 Å². The molecule has 0 amide bonds. The van der Waals surface area contributed by atoms with Crippen molar-refractivity contribution in [2.24, 2.45) is 0 Å². The Balaban J connectivity index is 1.57. The number of fused-ring (bicyclic) bond motifs is 1. The van der Waals surface area contributed by atoms with Gasteiger partial charge in [-0.3, -0.25) is 4.57 Å². The number of carbonyl (C=O) groups is 1. The third-order valence-corrected chi connectivity index (χ3v) is 5.21. The standard InChI is InChI=1S/C18H15Cl2FN4O4/c1-18(25-8-22-11-14(19)23-17(20)24-15(11)25)13(21)12(26)10(29-18)7-28-16(27)9-5-3-2-4-6-9/h2-6,8,10,12-13,26H,7H2,1H3/t10-,12-,13+,18-/m1/s1. The minimum Gasteiger partial charge on any atom is -0.459 e. The maximum atomic E-state index is 15.1. The molecule has 1 saturated heterocycles. The van der Waals surface area contributed by atoms with Crippen LogP contribution in [0.25, 0.3) is 11.2 Å². The lowest BCUT2D eigenvalue weighted by Crippen LogP contribution is -2.40. The number of nitrogens with zero attached hydrogens (tertiary/aromatic N) is 4. The van der Waals surface area contributed by atoms with Crippen molar-refractivity contribution in [1.82, 2.24) is 19.5 Å². The van der Waals surface area contributed by atoms with Crippen molar-refractivity contribution in [2.45, 2.75) is 31.0 Å². The Kier molecular flexibility index (Phi) is 5.16. The number of imidazole rings is 1. The Morgan fingerprint density at radius 2 is 2.07 bits per heavy atom. The molecule has 152 valence electrons. The van der Waals surface area contributed by atoms with Crippen LogP contribution in [0.1, 0.15) is 17.3 Å². The van der Waals surface area contributed by atoms with Gasteiger partial charge in [0.25, 0.3) is 0 Å². The molecule has 2 aromatic heterocycles. The van der Waals surface area contributed by atoms with Crippen LogP contribution in [0.3, 0.4) is 0 Å². The Morgan fingerprint density at radius 1 is 1.34 bits per heavy atom. The Bertz CT molecular complexity index is 1070. The number of hydrogen-bond donors (Lipinski definition) is 1. The summed E-state index contributed by atoms with van der Waals surface area (Å²) in [5.74, 6) is -0.607. The van der Waals surface area contributed by atoms with Crippen LogP contribution in [-0.2, 0) is 15.2 Å². The number of esters is 1. The van der Waals surface area contributed by atoms with E-state index in [1.807, 2.05) is 0 Å². The Hall–Kier alpha value is -2.33. The zero-order chi connectivity index (χ0) is 20.8. The average Bonchev–Trinajstić information content (AvgIpc) is 3.23. The van der Waals surface area contributed by atoms with Crippen LogP contribution in [0, 0.1) is 0 Å². The summed E-state index contributed by atoms with van der Waals surface area (Å²) in [4.78, 5) is 24.0. The van der Waals surface area contributed by atoms with Gasteiger partial charge in [0.15, 0.2) is 22.7 Å².